The number of rotatable bonds is 5. The Morgan fingerprint density at radius 2 is 2.13 bits per heavy atom. The topological polar surface area (TPSA) is 63.5 Å². The van der Waals surface area contributed by atoms with Gasteiger partial charge in [0.1, 0.15) is 5.82 Å². The van der Waals surface area contributed by atoms with Gasteiger partial charge < -0.3 is 19.9 Å². The van der Waals surface area contributed by atoms with Gasteiger partial charge in [-0.2, -0.15) is 0 Å². The van der Waals surface area contributed by atoms with Crippen molar-refractivity contribution in [3.63, 3.8) is 0 Å². The molecule has 2 aromatic rings. The second-order valence-corrected chi connectivity index (χ2v) is 8.62. The number of benzene rings is 1. The molecule has 8 heteroatoms. The molecule has 0 amide bonds. The Morgan fingerprint density at radius 1 is 1.33 bits per heavy atom. The SMILES string of the molecule is CN=C(NCc1ccc(-n2ccnc2)c(F)c1)NCC1CCCOC1C(C)(C)C.I. The third-order valence-corrected chi connectivity index (χ3v) is 5.31. The molecule has 1 fully saturated rings. The molecule has 2 atom stereocenters. The maximum absolute atomic E-state index is 14.4. The van der Waals surface area contributed by atoms with Crippen LogP contribution in [0.1, 0.15) is 39.2 Å². The van der Waals surface area contributed by atoms with Gasteiger partial charge in [-0.15, -0.1) is 24.0 Å². The van der Waals surface area contributed by atoms with E-state index in [4.69, 9.17) is 4.74 Å². The third kappa shape index (κ3) is 6.41. The van der Waals surface area contributed by atoms with Crippen LogP contribution in [0.15, 0.2) is 41.9 Å². The monoisotopic (exact) mass is 529 g/mol. The largest absolute Gasteiger partial charge is 0.377 e. The average molecular weight is 529 g/mol. The number of aromatic nitrogens is 2. The van der Waals surface area contributed by atoms with Gasteiger partial charge in [0.15, 0.2) is 5.96 Å². The lowest BCUT2D eigenvalue weighted by atomic mass is 9.78. The molecule has 1 saturated heterocycles. The molecule has 1 aromatic heterocycles. The summed E-state index contributed by atoms with van der Waals surface area (Å²) in [5.41, 5.74) is 1.44. The van der Waals surface area contributed by atoms with Crippen molar-refractivity contribution in [1.29, 1.82) is 0 Å². The van der Waals surface area contributed by atoms with E-state index in [-0.39, 0.29) is 41.3 Å². The summed E-state index contributed by atoms with van der Waals surface area (Å²) in [4.78, 5) is 8.27. The van der Waals surface area contributed by atoms with E-state index in [2.05, 4.69) is 41.4 Å². The number of hydrogen-bond donors (Lipinski definition) is 2. The van der Waals surface area contributed by atoms with Crippen LogP contribution in [-0.2, 0) is 11.3 Å². The summed E-state index contributed by atoms with van der Waals surface area (Å²) in [7, 11) is 1.75. The van der Waals surface area contributed by atoms with Crippen LogP contribution in [0.2, 0.25) is 0 Å². The van der Waals surface area contributed by atoms with Crippen LogP contribution in [0.3, 0.4) is 0 Å². The van der Waals surface area contributed by atoms with Crippen molar-refractivity contribution >= 4 is 29.9 Å². The summed E-state index contributed by atoms with van der Waals surface area (Å²) in [5, 5.41) is 6.69. The van der Waals surface area contributed by atoms with Gasteiger partial charge >= 0.3 is 0 Å². The molecule has 1 aliphatic rings. The lowest BCUT2D eigenvalue weighted by Crippen LogP contribution is -2.47. The minimum Gasteiger partial charge on any atom is -0.377 e. The Balaban J connectivity index is 0.00000320. The predicted octanol–water partition coefficient (Wildman–Crippen LogP) is 4.14. The van der Waals surface area contributed by atoms with E-state index in [1.165, 1.54) is 0 Å². The summed E-state index contributed by atoms with van der Waals surface area (Å²) >= 11 is 0. The second-order valence-electron chi connectivity index (χ2n) is 8.62. The summed E-state index contributed by atoms with van der Waals surface area (Å²) in [5.74, 6) is 0.870. The van der Waals surface area contributed by atoms with Gasteiger partial charge in [0.25, 0.3) is 0 Å². The average Bonchev–Trinajstić information content (AvgIpc) is 3.22. The summed E-state index contributed by atoms with van der Waals surface area (Å²) < 4.78 is 22.1. The standard InChI is InChI=1S/C22H32FN5O.HI/c1-22(2,3)20-17(6-5-11-29-20)14-27-21(24-4)26-13-16-7-8-19(18(23)12-16)28-10-9-25-15-28;/h7-10,12,15,17,20H,5-6,11,13-14H2,1-4H3,(H2,24,26,27);1H. The predicted molar refractivity (Wildman–Crippen MR) is 129 cm³/mol. The molecule has 2 N–H and O–H groups in total. The van der Waals surface area contributed by atoms with Crippen LogP contribution in [0.4, 0.5) is 4.39 Å². The van der Waals surface area contributed by atoms with E-state index in [9.17, 15) is 4.39 Å². The number of guanidine groups is 1. The van der Waals surface area contributed by atoms with Crippen LogP contribution >= 0.6 is 24.0 Å². The molecular weight excluding hydrogens is 496 g/mol. The molecule has 30 heavy (non-hydrogen) atoms. The zero-order valence-corrected chi connectivity index (χ0v) is 20.5. The molecule has 1 aliphatic heterocycles. The van der Waals surface area contributed by atoms with Crippen LogP contribution in [0.5, 0.6) is 0 Å². The van der Waals surface area contributed by atoms with Crippen molar-refractivity contribution in [3.05, 3.63) is 48.3 Å². The van der Waals surface area contributed by atoms with Gasteiger partial charge in [-0.1, -0.05) is 26.8 Å². The van der Waals surface area contributed by atoms with Crippen molar-refractivity contribution in [2.45, 2.75) is 46.3 Å². The first-order valence-corrected chi connectivity index (χ1v) is 10.2. The molecule has 6 nitrogen and oxygen atoms in total. The van der Waals surface area contributed by atoms with Gasteiger partial charge in [0.2, 0.25) is 0 Å². The van der Waals surface area contributed by atoms with Gasteiger partial charge in [0.05, 0.1) is 18.1 Å². The normalized spacial score (nSPS) is 19.8. The molecule has 2 unspecified atom stereocenters. The zero-order chi connectivity index (χ0) is 20.9. The Bertz CT molecular complexity index is 819. The maximum atomic E-state index is 14.4. The van der Waals surface area contributed by atoms with E-state index in [0.29, 0.717) is 24.1 Å². The number of ether oxygens (including phenoxy) is 1. The molecule has 0 bridgehead atoms. The fourth-order valence-corrected chi connectivity index (χ4v) is 3.92. The number of aliphatic imine (C=N–C) groups is 1. The summed E-state index contributed by atoms with van der Waals surface area (Å²) in [6, 6.07) is 5.21. The molecule has 0 radical (unpaired) electrons. The van der Waals surface area contributed by atoms with Crippen LogP contribution in [0, 0.1) is 17.2 Å². The fraction of sp³-hybridized carbons (Fsp3) is 0.545. The minimum absolute atomic E-state index is 0. The highest BCUT2D eigenvalue weighted by Crippen LogP contribution is 2.33. The van der Waals surface area contributed by atoms with Crippen molar-refractivity contribution in [2.24, 2.45) is 16.3 Å². The van der Waals surface area contributed by atoms with Crippen LogP contribution < -0.4 is 10.6 Å². The van der Waals surface area contributed by atoms with Gasteiger partial charge in [-0.05, 0) is 36.0 Å². The molecule has 0 aliphatic carbocycles. The molecule has 0 spiro atoms. The molecule has 1 aromatic carbocycles. The van der Waals surface area contributed by atoms with Gasteiger partial charge in [-0.3, -0.25) is 4.99 Å². The first kappa shape index (κ1) is 24.6. The highest BCUT2D eigenvalue weighted by Gasteiger charge is 2.35. The highest BCUT2D eigenvalue weighted by molar-refractivity contribution is 14.0. The fourth-order valence-electron chi connectivity index (χ4n) is 3.92. The number of nitrogens with one attached hydrogen (secondary N) is 2. The van der Waals surface area contributed by atoms with E-state index < -0.39 is 0 Å². The minimum atomic E-state index is -0.280. The molecule has 3 rings (SSSR count). The third-order valence-electron chi connectivity index (χ3n) is 5.31. The number of hydrogen-bond acceptors (Lipinski definition) is 3. The Labute approximate surface area is 195 Å². The molecule has 166 valence electrons. The Hall–Kier alpha value is -1.68. The summed E-state index contributed by atoms with van der Waals surface area (Å²) in [6.45, 7) is 8.81. The van der Waals surface area contributed by atoms with Crippen LogP contribution in [0.25, 0.3) is 5.69 Å². The Kier molecular flexibility index (Phi) is 9.09. The van der Waals surface area contributed by atoms with Crippen molar-refractivity contribution in [2.75, 3.05) is 20.2 Å². The van der Waals surface area contributed by atoms with E-state index in [0.717, 1.165) is 31.6 Å². The van der Waals surface area contributed by atoms with Crippen molar-refractivity contribution in [1.82, 2.24) is 20.2 Å². The van der Waals surface area contributed by atoms with Crippen molar-refractivity contribution < 1.29 is 9.13 Å². The first-order valence-electron chi connectivity index (χ1n) is 10.2. The number of imidazole rings is 1. The number of nitrogens with zero attached hydrogens (tertiary/aromatic N) is 3. The van der Waals surface area contributed by atoms with E-state index in [1.54, 1.807) is 42.5 Å². The molecule has 0 saturated carbocycles. The van der Waals surface area contributed by atoms with Gasteiger partial charge in [0, 0.05) is 45.1 Å². The quantitative estimate of drug-likeness (QED) is 0.348. The maximum Gasteiger partial charge on any atom is 0.191 e. The van der Waals surface area contributed by atoms with Crippen LogP contribution in [-0.4, -0.2) is 41.8 Å². The first-order chi connectivity index (χ1) is 13.9. The molecule has 2 heterocycles. The smallest absolute Gasteiger partial charge is 0.191 e. The number of halogens is 2. The highest BCUT2D eigenvalue weighted by atomic mass is 127. The van der Waals surface area contributed by atoms with E-state index >= 15 is 0 Å². The zero-order valence-electron chi connectivity index (χ0n) is 18.2. The molecular formula is C22H33FIN5O. The lowest BCUT2D eigenvalue weighted by Gasteiger charge is -2.40. The van der Waals surface area contributed by atoms with Crippen molar-refractivity contribution in [3.8, 4) is 5.69 Å². The van der Waals surface area contributed by atoms with Gasteiger partial charge in [-0.25, -0.2) is 9.37 Å². The van der Waals surface area contributed by atoms with E-state index in [1.807, 2.05) is 6.07 Å². The summed E-state index contributed by atoms with van der Waals surface area (Å²) in [6.07, 6.45) is 7.41. The Morgan fingerprint density at radius 3 is 2.77 bits per heavy atom. The second kappa shape index (κ2) is 11.1. The lowest BCUT2D eigenvalue weighted by molar-refractivity contribution is -0.0835.